The second kappa shape index (κ2) is 4.53. The number of piperidine rings is 1. The van der Waals surface area contributed by atoms with Gasteiger partial charge in [-0.2, -0.15) is 5.10 Å². The Kier molecular flexibility index (Phi) is 3.11. The maximum atomic E-state index is 4.29. The van der Waals surface area contributed by atoms with E-state index in [1.165, 1.54) is 19.4 Å². The number of hydrogen-bond donors (Lipinski definition) is 1. The van der Waals surface area contributed by atoms with Gasteiger partial charge in [-0.15, -0.1) is 5.10 Å². The van der Waals surface area contributed by atoms with Gasteiger partial charge < -0.3 is 10.2 Å². The lowest BCUT2D eigenvalue weighted by atomic mass is 10.1. The van der Waals surface area contributed by atoms with Gasteiger partial charge >= 0.3 is 0 Å². The average Bonchev–Trinajstić information content (AvgIpc) is 2.17. The first-order valence-corrected chi connectivity index (χ1v) is 5.35. The lowest BCUT2D eigenvalue weighted by Gasteiger charge is -2.29. The van der Waals surface area contributed by atoms with Crippen LogP contribution in [0, 0.1) is 6.92 Å². The van der Waals surface area contributed by atoms with Crippen molar-refractivity contribution in [2.24, 2.45) is 0 Å². The zero-order valence-corrected chi connectivity index (χ0v) is 9.27. The van der Waals surface area contributed by atoms with E-state index in [2.05, 4.69) is 32.4 Å². The smallest absolute Gasteiger partial charge is 0.243 e. The number of nitrogens with zero attached hydrogens (tertiary/aromatic N) is 4. The molecular weight excluding hydrogens is 190 g/mol. The molecule has 0 radical (unpaired) electrons. The van der Waals surface area contributed by atoms with E-state index in [0.717, 1.165) is 12.2 Å². The third kappa shape index (κ3) is 2.86. The van der Waals surface area contributed by atoms with E-state index < -0.39 is 0 Å². The van der Waals surface area contributed by atoms with E-state index in [9.17, 15) is 0 Å². The summed E-state index contributed by atoms with van der Waals surface area (Å²) in [5.41, 5.74) is 0.900. The van der Waals surface area contributed by atoms with Crippen LogP contribution in [0.5, 0.6) is 0 Å². The highest BCUT2D eigenvalue weighted by Gasteiger charge is 2.17. The number of likely N-dealkylation sites (tertiary alicyclic amines) is 1. The standard InChI is InChI=1S/C10H17N5/c1-8-6-11-14-10(12-8)13-9-4-3-5-15(2)7-9/h6,9H,3-5,7H2,1-2H3,(H,12,13,14). The molecule has 1 aliphatic heterocycles. The molecule has 2 rings (SSSR count). The van der Waals surface area contributed by atoms with Gasteiger partial charge in [-0.05, 0) is 33.4 Å². The molecule has 1 N–H and O–H groups in total. The summed E-state index contributed by atoms with van der Waals surface area (Å²) in [6, 6.07) is 0.451. The van der Waals surface area contributed by atoms with Crippen molar-refractivity contribution in [3.63, 3.8) is 0 Å². The second-order valence-electron chi connectivity index (χ2n) is 4.17. The van der Waals surface area contributed by atoms with Crippen molar-refractivity contribution in [3.05, 3.63) is 11.9 Å². The zero-order chi connectivity index (χ0) is 10.7. The minimum atomic E-state index is 0.451. The molecule has 15 heavy (non-hydrogen) atoms. The predicted molar refractivity (Wildman–Crippen MR) is 58.7 cm³/mol. The van der Waals surface area contributed by atoms with Crippen LogP contribution in [-0.2, 0) is 0 Å². The number of anilines is 1. The Labute approximate surface area is 89.9 Å². The van der Waals surface area contributed by atoms with Crippen LogP contribution in [0.1, 0.15) is 18.5 Å². The lowest BCUT2D eigenvalue weighted by molar-refractivity contribution is 0.260. The summed E-state index contributed by atoms with van der Waals surface area (Å²) < 4.78 is 0. The number of aryl methyl sites for hydroxylation is 1. The minimum absolute atomic E-state index is 0.451. The van der Waals surface area contributed by atoms with Gasteiger partial charge in [0.2, 0.25) is 5.95 Å². The van der Waals surface area contributed by atoms with Crippen LogP contribution in [0.15, 0.2) is 6.20 Å². The minimum Gasteiger partial charge on any atom is -0.349 e. The van der Waals surface area contributed by atoms with Crippen molar-refractivity contribution in [2.45, 2.75) is 25.8 Å². The van der Waals surface area contributed by atoms with Gasteiger partial charge in [0.25, 0.3) is 0 Å². The number of hydrogen-bond acceptors (Lipinski definition) is 5. The molecule has 0 amide bonds. The van der Waals surface area contributed by atoms with Gasteiger partial charge in [0.15, 0.2) is 0 Å². The molecule has 1 atom stereocenters. The van der Waals surface area contributed by atoms with Crippen molar-refractivity contribution in [1.82, 2.24) is 20.1 Å². The fourth-order valence-electron chi connectivity index (χ4n) is 1.91. The Morgan fingerprint density at radius 3 is 3.13 bits per heavy atom. The van der Waals surface area contributed by atoms with Crippen LogP contribution >= 0.6 is 0 Å². The molecule has 1 fully saturated rings. The van der Waals surface area contributed by atoms with E-state index in [0.29, 0.717) is 12.0 Å². The molecule has 0 aromatic carbocycles. The number of rotatable bonds is 2. The summed E-state index contributed by atoms with van der Waals surface area (Å²) >= 11 is 0. The Morgan fingerprint density at radius 1 is 1.53 bits per heavy atom. The summed E-state index contributed by atoms with van der Waals surface area (Å²) in [5, 5.41) is 11.2. The fourth-order valence-corrected chi connectivity index (χ4v) is 1.91. The van der Waals surface area contributed by atoms with E-state index in [1.807, 2.05) is 6.92 Å². The monoisotopic (exact) mass is 207 g/mol. The van der Waals surface area contributed by atoms with Gasteiger partial charge in [0.1, 0.15) is 0 Å². The van der Waals surface area contributed by atoms with Crippen LogP contribution in [0.3, 0.4) is 0 Å². The Balaban J connectivity index is 1.96. The molecule has 1 aromatic heterocycles. The van der Waals surface area contributed by atoms with Crippen LogP contribution < -0.4 is 5.32 Å². The van der Waals surface area contributed by atoms with Crippen molar-refractivity contribution >= 4 is 5.95 Å². The first kappa shape index (κ1) is 10.3. The van der Waals surface area contributed by atoms with Crippen molar-refractivity contribution in [3.8, 4) is 0 Å². The van der Waals surface area contributed by atoms with Crippen molar-refractivity contribution in [1.29, 1.82) is 0 Å². The molecule has 2 heterocycles. The fraction of sp³-hybridized carbons (Fsp3) is 0.700. The second-order valence-corrected chi connectivity index (χ2v) is 4.17. The van der Waals surface area contributed by atoms with Crippen LogP contribution in [0.25, 0.3) is 0 Å². The molecule has 0 bridgehead atoms. The largest absolute Gasteiger partial charge is 0.349 e. The SMILES string of the molecule is Cc1cnnc(NC2CCCN(C)C2)n1. The molecular formula is C10H17N5. The summed E-state index contributed by atoms with van der Waals surface area (Å²) in [5.74, 6) is 0.648. The van der Waals surface area contributed by atoms with Crippen LogP contribution in [0.4, 0.5) is 5.95 Å². The van der Waals surface area contributed by atoms with E-state index >= 15 is 0 Å². The van der Waals surface area contributed by atoms with Gasteiger partial charge in [-0.25, -0.2) is 4.98 Å². The third-order valence-corrected chi connectivity index (χ3v) is 2.64. The summed E-state index contributed by atoms with van der Waals surface area (Å²) in [7, 11) is 2.14. The van der Waals surface area contributed by atoms with E-state index in [4.69, 9.17) is 0 Å². The Bertz CT molecular complexity index is 327. The highest BCUT2D eigenvalue weighted by atomic mass is 15.3. The van der Waals surface area contributed by atoms with Gasteiger partial charge in [0.05, 0.1) is 11.9 Å². The topological polar surface area (TPSA) is 53.9 Å². The highest BCUT2D eigenvalue weighted by molar-refractivity contribution is 5.24. The van der Waals surface area contributed by atoms with E-state index in [-0.39, 0.29) is 0 Å². The Hall–Kier alpha value is -1.23. The predicted octanol–water partition coefficient (Wildman–Crippen LogP) is 0.686. The van der Waals surface area contributed by atoms with Gasteiger partial charge in [0, 0.05) is 12.6 Å². The number of likely N-dealkylation sites (N-methyl/N-ethyl adjacent to an activating group) is 1. The maximum absolute atomic E-state index is 4.29. The first-order valence-electron chi connectivity index (χ1n) is 5.35. The van der Waals surface area contributed by atoms with Crippen LogP contribution in [-0.4, -0.2) is 46.3 Å². The molecule has 0 aliphatic carbocycles. The molecule has 0 spiro atoms. The van der Waals surface area contributed by atoms with Crippen LogP contribution in [0.2, 0.25) is 0 Å². The number of nitrogens with one attached hydrogen (secondary N) is 1. The van der Waals surface area contributed by atoms with Gasteiger partial charge in [-0.1, -0.05) is 0 Å². The Morgan fingerprint density at radius 2 is 2.40 bits per heavy atom. The van der Waals surface area contributed by atoms with Crippen molar-refractivity contribution < 1.29 is 0 Å². The van der Waals surface area contributed by atoms with E-state index in [1.54, 1.807) is 6.20 Å². The first-order chi connectivity index (χ1) is 7.24. The normalized spacial score (nSPS) is 22.7. The van der Waals surface area contributed by atoms with Crippen molar-refractivity contribution in [2.75, 3.05) is 25.5 Å². The molecule has 1 unspecified atom stereocenters. The number of aromatic nitrogens is 3. The molecule has 1 aromatic rings. The molecule has 0 saturated carbocycles. The molecule has 1 saturated heterocycles. The molecule has 1 aliphatic rings. The van der Waals surface area contributed by atoms with Gasteiger partial charge in [-0.3, -0.25) is 0 Å². The zero-order valence-electron chi connectivity index (χ0n) is 9.27. The summed E-state index contributed by atoms with van der Waals surface area (Å²) in [6.07, 6.45) is 4.08. The third-order valence-electron chi connectivity index (χ3n) is 2.64. The average molecular weight is 207 g/mol. The lowest BCUT2D eigenvalue weighted by Crippen LogP contribution is -2.40. The summed E-state index contributed by atoms with van der Waals surface area (Å²) in [6.45, 7) is 4.16. The summed E-state index contributed by atoms with van der Waals surface area (Å²) in [4.78, 5) is 6.61. The molecule has 5 heteroatoms. The molecule has 5 nitrogen and oxygen atoms in total. The highest BCUT2D eigenvalue weighted by Crippen LogP contribution is 2.11. The quantitative estimate of drug-likeness (QED) is 0.773. The molecule has 82 valence electrons. The maximum Gasteiger partial charge on any atom is 0.243 e.